The highest BCUT2D eigenvalue weighted by Gasteiger charge is 2.45. The summed E-state index contributed by atoms with van der Waals surface area (Å²) in [4.78, 5) is 25.4. The number of carbonyl (C=O) groups is 2. The summed E-state index contributed by atoms with van der Waals surface area (Å²) in [5, 5.41) is 0. The number of rotatable bonds is 23. The van der Waals surface area contributed by atoms with Crippen molar-refractivity contribution in [3.05, 3.63) is 0 Å². The van der Waals surface area contributed by atoms with Gasteiger partial charge in [0.1, 0.15) is 0 Å². The lowest BCUT2D eigenvalue weighted by Gasteiger charge is -2.27. The molecule has 0 saturated heterocycles. The van der Waals surface area contributed by atoms with E-state index < -0.39 is 17.4 Å². The molecule has 0 amide bonds. The van der Waals surface area contributed by atoms with E-state index in [1.807, 2.05) is 13.8 Å². The molecule has 0 aliphatic rings. The fourth-order valence-electron chi connectivity index (χ4n) is 4.21. The first-order chi connectivity index (χ1) is 16.0. The molecular weight excluding hydrogens is 412 g/mol. The van der Waals surface area contributed by atoms with Gasteiger partial charge in [-0.05, 0) is 31.6 Å². The van der Waals surface area contributed by atoms with Gasteiger partial charge in [-0.25, -0.2) is 0 Å². The Kier molecular flexibility index (Phi) is 20.8. The molecule has 196 valence electrons. The Morgan fingerprint density at radius 3 is 1.39 bits per heavy atom. The van der Waals surface area contributed by atoms with E-state index in [1.54, 1.807) is 0 Å². The third-order valence-electron chi connectivity index (χ3n) is 7.26. The van der Waals surface area contributed by atoms with Crippen molar-refractivity contribution in [2.45, 2.75) is 150 Å². The zero-order chi connectivity index (χ0) is 24.8. The van der Waals surface area contributed by atoms with Crippen LogP contribution in [-0.2, 0) is 19.1 Å². The lowest BCUT2D eigenvalue weighted by atomic mass is 9.82. The second-order valence-electron chi connectivity index (χ2n) is 9.96. The molecule has 0 spiro atoms. The smallest absolute Gasteiger partial charge is 0.323 e. The molecule has 0 aromatic heterocycles. The molecule has 0 heterocycles. The molecule has 33 heavy (non-hydrogen) atoms. The number of ether oxygens (including phenoxy) is 2. The van der Waals surface area contributed by atoms with Gasteiger partial charge < -0.3 is 9.47 Å². The molecule has 4 nitrogen and oxygen atoms in total. The lowest BCUT2D eigenvalue weighted by molar-refractivity contribution is -0.173. The molecule has 1 unspecified atom stereocenters. The van der Waals surface area contributed by atoms with Gasteiger partial charge in [0.25, 0.3) is 0 Å². The molecule has 0 aromatic carbocycles. The van der Waals surface area contributed by atoms with Crippen molar-refractivity contribution in [3.8, 4) is 0 Å². The predicted molar refractivity (Wildman–Crippen MR) is 139 cm³/mol. The summed E-state index contributed by atoms with van der Waals surface area (Å²) in [5.74, 6) is -0.305. The maximum absolute atomic E-state index is 12.7. The van der Waals surface area contributed by atoms with Crippen LogP contribution in [0.1, 0.15) is 150 Å². The Hall–Kier alpha value is -1.06. The zero-order valence-corrected chi connectivity index (χ0v) is 22.9. The van der Waals surface area contributed by atoms with Crippen molar-refractivity contribution in [2.75, 3.05) is 13.2 Å². The molecule has 0 saturated carbocycles. The largest absolute Gasteiger partial charge is 0.465 e. The summed E-state index contributed by atoms with van der Waals surface area (Å²) in [5.41, 5.74) is -1.15. The van der Waals surface area contributed by atoms with E-state index >= 15 is 0 Å². The molecule has 0 aromatic rings. The van der Waals surface area contributed by atoms with Crippen molar-refractivity contribution in [1.29, 1.82) is 0 Å². The summed E-state index contributed by atoms with van der Waals surface area (Å²) < 4.78 is 11.0. The second-order valence-corrected chi connectivity index (χ2v) is 9.96. The Morgan fingerprint density at radius 2 is 1.00 bits per heavy atom. The average molecular weight is 469 g/mol. The number of esters is 2. The van der Waals surface area contributed by atoms with E-state index in [2.05, 4.69) is 20.8 Å². The summed E-state index contributed by atoms with van der Waals surface area (Å²) in [6, 6.07) is 0. The Morgan fingerprint density at radius 1 is 0.606 bits per heavy atom. The quantitative estimate of drug-likeness (QED) is 0.0854. The van der Waals surface area contributed by atoms with Gasteiger partial charge in [-0.3, -0.25) is 9.59 Å². The maximum Gasteiger partial charge on any atom is 0.323 e. The average Bonchev–Trinajstić information content (AvgIpc) is 2.82. The van der Waals surface area contributed by atoms with Crippen LogP contribution >= 0.6 is 0 Å². The molecule has 0 bridgehead atoms. The summed E-state index contributed by atoms with van der Waals surface area (Å²) in [6.45, 7) is 11.1. The van der Waals surface area contributed by atoms with Crippen molar-refractivity contribution >= 4 is 11.9 Å². The fraction of sp³-hybridized carbons (Fsp3) is 0.931. The third-order valence-corrected chi connectivity index (χ3v) is 7.26. The highest BCUT2D eigenvalue weighted by atomic mass is 16.6. The first kappa shape index (κ1) is 31.9. The summed E-state index contributed by atoms with van der Waals surface area (Å²) >= 11 is 0. The van der Waals surface area contributed by atoms with E-state index in [9.17, 15) is 9.59 Å². The van der Waals surface area contributed by atoms with E-state index in [0.29, 0.717) is 32.0 Å². The number of hydrogen-bond acceptors (Lipinski definition) is 4. The van der Waals surface area contributed by atoms with Crippen LogP contribution in [-0.4, -0.2) is 25.2 Å². The van der Waals surface area contributed by atoms with Crippen LogP contribution in [0.2, 0.25) is 0 Å². The van der Waals surface area contributed by atoms with Gasteiger partial charge in [-0.1, -0.05) is 125 Å². The number of hydrogen-bond donors (Lipinski definition) is 0. The molecule has 0 radical (unpaired) electrons. The molecule has 0 aliphatic carbocycles. The minimum atomic E-state index is -1.15. The van der Waals surface area contributed by atoms with Crippen LogP contribution in [0.3, 0.4) is 0 Å². The van der Waals surface area contributed by atoms with Crippen molar-refractivity contribution in [1.82, 2.24) is 0 Å². The van der Waals surface area contributed by atoms with Gasteiger partial charge in [-0.2, -0.15) is 0 Å². The van der Waals surface area contributed by atoms with E-state index in [1.165, 1.54) is 77.0 Å². The van der Waals surface area contributed by atoms with Crippen LogP contribution in [0.4, 0.5) is 0 Å². The SMILES string of the molecule is CCCCCCCCCCCCCCCCOC(=O)C(CC)(CC)C(=O)OCCC(C)CC. The van der Waals surface area contributed by atoms with Crippen LogP contribution in [0.15, 0.2) is 0 Å². The minimum absolute atomic E-state index is 0.377. The highest BCUT2D eigenvalue weighted by Crippen LogP contribution is 2.30. The van der Waals surface area contributed by atoms with E-state index in [4.69, 9.17) is 9.47 Å². The topological polar surface area (TPSA) is 52.6 Å². The van der Waals surface area contributed by atoms with Gasteiger partial charge in [0.05, 0.1) is 13.2 Å². The molecule has 0 N–H and O–H groups in total. The Balaban J connectivity index is 3.88. The minimum Gasteiger partial charge on any atom is -0.465 e. The van der Waals surface area contributed by atoms with Gasteiger partial charge >= 0.3 is 11.9 Å². The normalized spacial score (nSPS) is 12.5. The fourth-order valence-corrected chi connectivity index (χ4v) is 4.21. The number of carbonyl (C=O) groups excluding carboxylic acids is 2. The van der Waals surface area contributed by atoms with Gasteiger partial charge in [0.2, 0.25) is 0 Å². The van der Waals surface area contributed by atoms with E-state index in [-0.39, 0.29) is 0 Å². The maximum atomic E-state index is 12.7. The van der Waals surface area contributed by atoms with E-state index in [0.717, 1.165) is 25.7 Å². The molecule has 0 aliphatic heterocycles. The Labute approximate surface area is 206 Å². The zero-order valence-electron chi connectivity index (χ0n) is 22.9. The Bertz CT molecular complexity index is 470. The molecule has 4 heteroatoms. The first-order valence-electron chi connectivity index (χ1n) is 14.3. The first-order valence-corrected chi connectivity index (χ1v) is 14.3. The molecule has 1 atom stereocenters. The van der Waals surface area contributed by atoms with Crippen LogP contribution < -0.4 is 0 Å². The summed E-state index contributed by atoms with van der Waals surface area (Å²) in [6.07, 6.45) is 20.9. The monoisotopic (exact) mass is 468 g/mol. The summed E-state index contributed by atoms with van der Waals surface area (Å²) in [7, 11) is 0. The van der Waals surface area contributed by atoms with Gasteiger partial charge in [0.15, 0.2) is 5.41 Å². The molecular formula is C29H56O4. The van der Waals surface area contributed by atoms with Gasteiger partial charge in [-0.15, -0.1) is 0 Å². The lowest BCUT2D eigenvalue weighted by Crippen LogP contribution is -2.41. The highest BCUT2D eigenvalue weighted by molar-refractivity contribution is 5.99. The molecule has 0 rings (SSSR count). The predicted octanol–water partition coefficient (Wildman–Crippen LogP) is 8.80. The molecule has 0 fully saturated rings. The third kappa shape index (κ3) is 14.7. The van der Waals surface area contributed by atoms with Crippen molar-refractivity contribution < 1.29 is 19.1 Å². The number of unbranched alkanes of at least 4 members (excludes halogenated alkanes) is 13. The second kappa shape index (κ2) is 21.5. The van der Waals surface area contributed by atoms with Crippen LogP contribution in [0.5, 0.6) is 0 Å². The van der Waals surface area contributed by atoms with Crippen molar-refractivity contribution in [3.63, 3.8) is 0 Å². The van der Waals surface area contributed by atoms with Crippen LogP contribution in [0, 0.1) is 11.3 Å². The van der Waals surface area contributed by atoms with Gasteiger partial charge in [0, 0.05) is 0 Å². The van der Waals surface area contributed by atoms with Crippen LogP contribution in [0.25, 0.3) is 0 Å². The standard InChI is InChI=1S/C29H56O4/c1-6-10-11-12-13-14-15-16-17-18-19-20-21-22-24-32-27(30)29(8-3,9-4)28(31)33-25-23-26(5)7-2/h26H,6-25H2,1-5H3. The van der Waals surface area contributed by atoms with Crippen molar-refractivity contribution in [2.24, 2.45) is 11.3 Å².